The molecule has 0 saturated carbocycles. The van der Waals surface area contributed by atoms with Crippen molar-refractivity contribution in [3.05, 3.63) is 12.2 Å². The summed E-state index contributed by atoms with van der Waals surface area (Å²) < 4.78 is 4.70. The Bertz CT molecular complexity index is 187. The minimum absolute atomic E-state index is 0.387. The number of unbranched alkanes of at least 4 members (excludes halogenated alkanes) is 1. The molecule has 2 N–H and O–H groups in total. The van der Waals surface area contributed by atoms with E-state index < -0.39 is 11.9 Å². The summed E-state index contributed by atoms with van der Waals surface area (Å²) >= 11 is 0. The lowest BCUT2D eigenvalue weighted by molar-refractivity contribution is -0.138. The molecule has 0 saturated heterocycles. The van der Waals surface area contributed by atoms with E-state index in [1.165, 1.54) is 0 Å². The molecule has 1 amide bonds. The van der Waals surface area contributed by atoms with E-state index in [9.17, 15) is 9.59 Å². The maximum absolute atomic E-state index is 10.7. The van der Waals surface area contributed by atoms with Crippen LogP contribution in [0, 0.1) is 0 Å². The lowest BCUT2D eigenvalue weighted by atomic mass is 10.4. The van der Waals surface area contributed by atoms with Crippen LogP contribution in [0.4, 0.5) is 0 Å². The molecule has 0 bridgehead atoms. The number of carbonyl (C=O) groups is 2. The van der Waals surface area contributed by atoms with E-state index in [-0.39, 0.29) is 0 Å². The molecule has 0 spiro atoms. The molecular weight excluding hydrogens is 158 g/mol. The van der Waals surface area contributed by atoms with Crippen LogP contribution < -0.4 is 5.73 Å². The minimum atomic E-state index is -0.651. The lowest BCUT2D eigenvalue weighted by Gasteiger charge is -1.97. The number of hydrogen-bond donors (Lipinski definition) is 1. The first kappa shape index (κ1) is 10.7. The van der Waals surface area contributed by atoms with E-state index in [2.05, 4.69) is 0 Å². The van der Waals surface area contributed by atoms with Crippen molar-refractivity contribution in [2.24, 2.45) is 5.73 Å². The van der Waals surface area contributed by atoms with Gasteiger partial charge in [0.2, 0.25) is 5.91 Å². The first-order valence-corrected chi connectivity index (χ1v) is 3.81. The Balaban J connectivity index is 3.53. The van der Waals surface area contributed by atoms with Crippen LogP contribution in [0.25, 0.3) is 0 Å². The van der Waals surface area contributed by atoms with Crippen molar-refractivity contribution in [3.8, 4) is 0 Å². The molecule has 0 rings (SSSR count). The molecule has 0 unspecified atom stereocenters. The quantitative estimate of drug-likeness (QED) is 0.369. The maximum Gasteiger partial charge on any atom is 0.330 e. The second kappa shape index (κ2) is 6.39. The summed E-state index contributed by atoms with van der Waals surface area (Å²) in [6.45, 7) is 2.38. The molecule has 0 aromatic carbocycles. The highest BCUT2D eigenvalue weighted by molar-refractivity contribution is 5.93. The van der Waals surface area contributed by atoms with Gasteiger partial charge in [-0.05, 0) is 6.42 Å². The molecule has 0 heterocycles. The molecule has 0 aliphatic rings. The highest BCUT2D eigenvalue weighted by Crippen LogP contribution is 1.89. The summed E-state index contributed by atoms with van der Waals surface area (Å²) in [6, 6.07) is 0. The number of ether oxygens (including phenoxy) is 1. The third-order valence-electron chi connectivity index (χ3n) is 1.13. The molecule has 0 fully saturated rings. The van der Waals surface area contributed by atoms with Crippen molar-refractivity contribution >= 4 is 11.9 Å². The van der Waals surface area contributed by atoms with E-state index in [0.717, 1.165) is 25.0 Å². The van der Waals surface area contributed by atoms with Gasteiger partial charge in [0.05, 0.1) is 6.61 Å². The van der Waals surface area contributed by atoms with Crippen molar-refractivity contribution in [3.63, 3.8) is 0 Å². The van der Waals surface area contributed by atoms with E-state index in [4.69, 9.17) is 10.5 Å². The molecule has 4 nitrogen and oxygen atoms in total. The summed E-state index contributed by atoms with van der Waals surface area (Å²) in [6.07, 6.45) is 3.80. The number of rotatable bonds is 5. The fourth-order valence-corrected chi connectivity index (χ4v) is 0.515. The number of carbonyl (C=O) groups excluding carboxylic acids is 2. The second-order valence-electron chi connectivity index (χ2n) is 2.26. The summed E-state index contributed by atoms with van der Waals surface area (Å²) in [5, 5.41) is 0. The Labute approximate surface area is 71.4 Å². The largest absolute Gasteiger partial charge is 0.463 e. The van der Waals surface area contributed by atoms with Gasteiger partial charge in [-0.1, -0.05) is 13.3 Å². The molecule has 0 aromatic rings. The topological polar surface area (TPSA) is 69.4 Å². The van der Waals surface area contributed by atoms with Gasteiger partial charge in [-0.2, -0.15) is 0 Å². The zero-order valence-electron chi connectivity index (χ0n) is 7.08. The fourth-order valence-electron chi connectivity index (χ4n) is 0.515. The normalized spacial score (nSPS) is 10.1. The Morgan fingerprint density at radius 3 is 2.58 bits per heavy atom. The Kier molecular flexibility index (Phi) is 5.69. The highest BCUT2D eigenvalue weighted by atomic mass is 16.5. The number of esters is 1. The van der Waals surface area contributed by atoms with Crippen LogP contribution in [0.3, 0.4) is 0 Å². The van der Waals surface area contributed by atoms with Crippen LogP contribution in [0.2, 0.25) is 0 Å². The van der Waals surface area contributed by atoms with Gasteiger partial charge in [-0.25, -0.2) is 4.79 Å². The van der Waals surface area contributed by atoms with Crippen molar-refractivity contribution < 1.29 is 14.3 Å². The standard InChI is InChI=1S/C8H13NO3/c1-2-3-6-12-8(11)5-4-7(9)10/h4-5H,2-3,6H2,1H3,(H2,9,10)/b5-4-. The van der Waals surface area contributed by atoms with Crippen LogP contribution in [0.5, 0.6) is 0 Å². The average Bonchev–Trinajstić information content (AvgIpc) is 2.01. The van der Waals surface area contributed by atoms with Gasteiger partial charge >= 0.3 is 5.97 Å². The Hall–Kier alpha value is -1.32. The van der Waals surface area contributed by atoms with Gasteiger partial charge in [0.25, 0.3) is 0 Å². The van der Waals surface area contributed by atoms with Gasteiger partial charge in [-0.3, -0.25) is 4.79 Å². The molecule has 0 aromatic heterocycles. The Morgan fingerprint density at radius 1 is 1.42 bits per heavy atom. The third-order valence-corrected chi connectivity index (χ3v) is 1.13. The van der Waals surface area contributed by atoms with Crippen LogP contribution in [0.1, 0.15) is 19.8 Å². The third kappa shape index (κ3) is 6.80. The zero-order valence-corrected chi connectivity index (χ0v) is 7.08. The summed E-state index contributed by atoms with van der Waals surface area (Å²) in [7, 11) is 0. The van der Waals surface area contributed by atoms with Crippen LogP contribution in [-0.4, -0.2) is 18.5 Å². The molecule has 4 heteroatoms. The van der Waals surface area contributed by atoms with Crippen LogP contribution in [0.15, 0.2) is 12.2 Å². The number of nitrogens with two attached hydrogens (primary N) is 1. The van der Waals surface area contributed by atoms with E-state index in [1.54, 1.807) is 0 Å². The predicted octanol–water partition coefficient (Wildman–Crippen LogP) is 0.371. The number of primary amides is 1. The summed E-state index contributed by atoms with van der Waals surface area (Å²) in [5.41, 5.74) is 4.76. The van der Waals surface area contributed by atoms with Gasteiger partial charge in [0.1, 0.15) is 0 Å². The Morgan fingerprint density at radius 2 is 2.08 bits per heavy atom. The minimum Gasteiger partial charge on any atom is -0.463 e. The molecule has 0 aliphatic heterocycles. The van der Waals surface area contributed by atoms with Gasteiger partial charge in [0, 0.05) is 12.2 Å². The smallest absolute Gasteiger partial charge is 0.330 e. The van der Waals surface area contributed by atoms with E-state index in [1.807, 2.05) is 6.92 Å². The molecule has 68 valence electrons. The summed E-state index contributed by atoms with van der Waals surface area (Å²) in [4.78, 5) is 20.9. The van der Waals surface area contributed by atoms with Crippen molar-refractivity contribution in [2.45, 2.75) is 19.8 Å². The van der Waals surface area contributed by atoms with E-state index >= 15 is 0 Å². The summed E-state index contributed by atoms with van der Waals surface area (Å²) in [5.74, 6) is -1.18. The molecule has 0 atom stereocenters. The second-order valence-corrected chi connectivity index (χ2v) is 2.26. The van der Waals surface area contributed by atoms with Crippen molar-refractivity contribution in [1.29, 1.82) is 0 Å². The maximum atomic E-state index is 10.7. The molecule has 12 heavy (non-hydrogen) atoms. The van der Waals surface area contributed by atoms with Crippen LogP contribution in [-0.2, 0) is 14.3 Å². The zero-order chi connectivity index (χ0) is 9.40. The highest BCUT2D eigenvalue weighted by Gasteiger charge is 1.95. The number of amides is 1. The fraction of sp³-hybridized carbons (Fsp3) is 0.500. The lowest BCUT2D eigenvalue weighted by Crippen LogP contribution is -2.08. The first-order valence-electron chi connectivity index (χ1n) is 3.81. The van der Waals surface area contributed by atoms with Crippen LogP contribution >= 0.6 is 0 Å². The first-order chi connectivity index (χ1) is 5.66. The van der Waals surface area contributed by atoms with E-state index in [0.29, 0.717) is 6.61 Å². The van der Waals surface area contributed by atoms with Crippen molar-refractivity contribution in [2.75, 3.05) is 6.61 Å². The molecule has 0 radical (unpaired) electrons. The number of hydrogen-bond acceptors (Lipinski definition) is 3. The van der Waals surface area contributed by atoms with Crippen molar-refractivity contribution in [1.82, 2.24) is 0 Å². The van der Waals surface area contributed by atoms with Gasteiger partial charge < -0.3 is 10.5 Å². The monoisotopic (exact) mass is 171 g/mol. The molecular formula is C8H13NO3. The molecule has 0 aliphatic carbocycles. The average molecular weight is 171 g/mol. The van der Waals surface area contributed by atoms with Gasteiger partial charge in [-0.15, -0.1) is 0 Å². The predicted molar refractivity (Wildman–Crippen MR) is 44.2 cm³/mol. The SMILES string of the molecule is CCCCOC(=O)/C=C\C(N)=O. The van der Waals surface area contributed by atoms with Gasteiger partial charge in [0.15, 0.2) is 0 Å².